The summed E-state index contributed by atoms with van der Waals surface area (Å²) < 4.78 is 11.5. The molecular formula is C13H18ClNO2. The van der Waals surface area contributed by atoms with Gasteiger partial charge in [-0.15, -0.1) is 0 Å². The Labute approximate surface area is 107 Å². The second-order valence-corrected chi connectivity index (χ2v) is 4.81. The van der Waals surface area contributed by atoms with Crippen LogP contribution in [-0.2, 0) is 4.74 Å². The van der Waals surface area contributed by atoms with E-state index in [-0.39, 0.29) is 0 Å². The molecule has 0 unspecified atom stereocenters. The SMILES string of the molecule is COC1(Oc2ccc(C)cc2Cl)CCNCC1. The van der Waals surface area contributed by atoms with Gasteiger partial charge >= 0.3 is 0 Å². The maximum Gasteiger partial charge on any atom is 0.212 e. The summed E-state index contributed by atoms with van der Waals surface area (Å²) in [6, 6.07) is 5.80. The Balaban J connectivity index is 2.17. The molecule has 1 fully saturated rings. The van der Waals surface area contributed by atoms with E-state index in [1.807, 2.05) is 25.1 Å². The highest BCUT2D eigenvalue weighted by Gasteiger charge is 2.34. The Morgan fingerprint density at radius 2 is 2.00 bits per heavy atom. The van der Waals surface area contributed by atoms with Crippen LogP contribution in [0.5, 0.6) is 5.75 Å². The van der Waals surface area contributed by atoms with E-state index in [4.69, 9.17) is 21.1 Å². The third-order valence-electron chi connectivity index (χ3n) is 3.12. The lowest BCUT2D eigenvalue weighted by Gasteiger charge is -2.36. The molecule has 1 aliphatic heterocycles. The van der Waals surface area contributed by atoms with Crippen molar-refractivity contribution in [1.29, 1.82) is 0 Å². The molecule has 1 aliphatic rings. The van der Waals surface area contributed by atoms with E-state index in [0.29, 0.717) is 10.8 Å². The number of piperidine rings is 1. The maximum atomic E-state index is 6.17. The molecule has 1 aromatic rings. The third-order valence-corrected chi connectivity index (χ3v) is 3.42. The summed E-state index contributed by atoms with van der Waals surface area (Å²) in [5.74, 6) is 0.158. The van der Waals surface area contributed by atoms with E-state index in [2.05, 4.69) is 5.32 Å². The van der Waals surface area contributed by atoms with Crippen molar-refractivity contribution in [3.8, 4) is 5.75 Å². The van der Waals surface area contributed by atoms with Crippen molar-refractivity contribution in [2.75, 3.05) is 20.2 Å². The molecule has 4 heteroatoms. The zero-order valence-electron chi connectivity index (χ0n) is 10.3. The summed E-state index contributed by atoms with van der Waals surface area (Å²) in [6.07, 6.45) is 1.65. The quantitative estimate of drug-likeness (QED) is 0.843. The number of hydrogen-bond acceptors (Lipinski definition) is 3. The van der Waals surface area contributed by atoms with Crippen LogP contribution in [0.4, 0.5) is 0 Å². The maximum absolute atomic E-state index is 6.17. The van der Waals surface area contributed by atoms with Gasteiger partial charge in [0.15, 0.2) is 0 Å². The zero-order valence-corrected chi connectivity index (χ0v) is 11.0. The topological polar surface area (TPSA) is 30.5 Å². The largest absolute Gasteiger partial charge is 0.461 e. The van der Waals surface area contributed by atoms with Crippen LogP contribution >= 0.6 is 11.6 Å². The molecule has 0 aromatic heterocycles. The lowest BCUT2D eigenvalue weighted by atomic mass is 10.1. The fourth-order valence-corrected chi connectivity index (χ4v) is 2.32. The first kappa shape index (κ1) is 12.7. The number of nitrogens with one attached hydrogen (secondary N) is 1. The molecule has 1 N–H and O–H groups in total. The average Bonchev–Trinajstić information content (AvgIpc) is 2.34. The minimum Gasteiger partial charge on any atom is -0.461 e. The number of aryl methyl sites for hydroxylation is 1. The van der Waals surface area contributed by atoms with Crippen LogP contribution in [0.15, 0.2) is 18.2 Å². The number of methoxy groups -OCH3 is 1. The smallest absolute Gasteiger partial charge is 0.212 e. The molecule has 0 amide bonds. The molecule has 0 radical (unpaired) electrons. The molecule has 2 rings (SSSR count). The second kappa shape index (κ2) is 5.25. The molecule has 17 heavy (non-hydrogen) atoms. The Hall–Kier alpha value is -0.770. The minimum atomic E-state index is -0.538. The third kappa shape index (κ3) is 2.92. The number of benzene rings is 1. The molecule has 0 atom stereocenters. The molecule has 3 nitrogen and oxygen atoms in total. The van der Waals surface area contributed by atoms with Crippen LogP contribution in [0.3, 0.4) is 0 Å². The highest BCUT2D eigenvalue weighted by atomic mass is 35.5. The van der Waals surface area contributed by atoms with Crippen molar-refractivity contribution in [2.45, 2.75) is 25.6 Å². The van der Waals surface area contributed by atoms with Crippen molar-refractivity contribution in [3.05, 3.63) is 28.8 Å². The van der Waals surface area contributed by atoms with Gasteiger partial charge in [-0.05, 0) is 24.6 Å². The van der Waals surface area contributed by atoms with Crippen LogP contribution in [0.1, 0.15) is 18.4 Å². The molecule has 0 bridgehead atoms. The van der Waals surface area contributed by atoms with Crippen LogP contribution in [-0.4, -0.2) is 26.0 Å². The van der Waals surface area contributed by atoms with E-state index in [1.165, 1.54) is 0 Å². The van der Waals surface area contributed by atoms with E-state index in [9.17, 15) is 0 Å². The fourth-order valence-electron chi connectivity index (χ4n) is 2.04. The summed E-state index contributed by atoms with van der Waals surface area (Å²) in [5, 5.41) is 3.93. The summed E-state index contributed by atoms with van der Waals surface area (Å²) in [7, 11) is 1.69. The predicted octanol–water partition coefficient (Wildman–Crippen LogP) is 2.75. The Bertz CT molecular complexity index is 389. The van der Waals surface area contributed by atoms with Crippen molar-refractivity contribution in [1.82, 2.24) is 5.32 Å². The highest BCUT2D eigenvalue weighted by Crippen LogP contribution is 2.32. The van der Waals surface area contributed by atoms with Gasteiger partial charge in [-0.2, -0.15) is 0 Å². The highest BCUT2D eigenvalue weighted by molar-refractivity contribution is 6.32. The molecule has 94 valence electrons. The van der Waals surface area contributed by atoms with Crippen molar-refractivity contribution >= 4 is 11.6 Å². The van der Waals surface area contributed by atoms with Gasteiger partial charge in [0.25, 0.3) is 0 Å². The van der Waals surface area contributed by atoms with Crippen molar-refractivity contribution < 1.29 is 9.47 Å². The average molecular weight is 256 g/mol. The van der Waals surface area contributed by atoms with E-state index in [0.717, 1.165) is 31.5 Å². The Morgan fingerprint density at radius 1 is 1.29 bits per heavy atom. The van der Waals surface area contributed by atoms with E-state index in [1.54, 1.807) is 7.11 Å². The standard InChI is InChI=1S/C13H18ClNO2/c1-10-3-4-12(11(14)9-10)17-13(16-2)5-7-15-8-6-13/h3-4,9,15H,5-8H2,1-2H3. The Morgan fingerprint density at radius 3 is 2.59 bits per heavy atom. The van der Waals surface area contributed by atoms with Gasteiger partial charge in [0.05, 0.1) is 5.02 Å². The zero-order chi connectivity index (χ0) is 12.3. The van der Waals surface area contributed by atoms with Gasteiger partial charge in [0, 0.05) is 33.0 Å². The molecule has 0 saturated carbocycles. The van der Waals surface area contributed by atoms with Gasteiger partial charge < -0.3 is 14.8 Å². The first-order chi connectivity index (χ1) is 8.15. The fraction of sp³-hybridized carbons (Fsp3) is 0.538. The number of halogens is 1. The molecule has 0 spiro atoms. The number of ether oxygens (including phenoxy) is 2. The van der Waals surface area contributed by atoms with Gasteiger partial charge in [0.2, 0.25) is 5.79 Å². The molecule has 1 aromatic carbocycles. The van der Waals surface area contributed by atoms with Gasteiger partial charge in [-0.1, -0.05) is 17.7 Å². The number of hydrogen-bond donors (Lipinski definition) is 1. The van der Waals surface area contributed by atoms with Crippen LogP contribution in [0, 0.1) is 6.92 Å². The minimum absolute atomic E-state index is 0.538. The summed E-state index contributed by atoms with van der Waals surface area (Å²) in [6.45, 7) is 3.81. The molecular weight excluding hydrogens is 238 g/mol. The summed E-state index contributed by atoms with van der Waals surface area (Å²) in [4.78, 5) is 0. The monoisotopic (exact) mass is 255 g/mol. The normalized spacial score (nSPS) is 19.0. The van der Waals surface area contributed by atoms with E-state index < -0.39 is 5.79 Å². The predicted molar refractivity (Wildman–Crippen MR) is 68.7 cm³/mol. The Kier molecular flexibility index (Phi) is 3.92. The van der Waals surface area contributed by atoms with E-state index >= 15 is 0 Å². The summed E-state index contributed by atoms with van der Waals surface area (Å²) in [5.41, 5.74) is 1.12. The molecule has 0 aliphatic carbocycles. The van der Waals surface area contributed by atoms with Gasteiger partial charge in [-0.25, -0.2) is 0 Å². The van der Waals surface area contributed by atoms with Crippen LogP contribution in [0.25, 0.3) is 0 Å². The lowest BCUT2D eigenvalue weighted by Crippen LogP contribution is -2.47. The van der Waals surface area contributed by atoms with Crippen molar-refractivity contribution in [2.24, 2.45) is 0 Å². The summed E-state index contributed by atoms with van der Waals surface area (Å²) >= 11 is 6.17. The molecule has 1 heterocycles. The van der Waals surface area contributed by atoms with Gasteiger partial charge in [0.1, 0.15) is 5.75 Å². The number of rotatable bonds is 3. The first-order valence-corrected chi connectivity index (χ1v) is 6.24. The second-order valence-electron chi connectivity index (χ2n) is 4.40. The lowest BCUT2D eigenvalue weighted by molar-refractivity contribution is -0.178. The van der Waals surface area contributed by atoms with Crippen LogP contribution in [0.2, 0.25) is 5.02 Å². The van der Waals surface area contributed by atoms with Crippen LogP contribution < -0.4 is 10.1 Å². The first-order valence-electron chi connectivity index (χ1n) is 5.86. The molecule has 1 saturated heterocycles. The van der Waals surface area contributed by atoms with Crippen molar-refractivity contribution in [3.63, 3.8) is 0 Å². The van der Waals surface area contributed by atoms with Gasteiger partial charge in [-0.3, -0.25) is 0 Å².